The highest BCUT2D eigenvalue weighted by atomic mass is 15.2. The van der Waals surface area contributed by atoms with Gasteiger partial charge in [0.05, 0.1) is 66.2 Å². The van der Waals surface area contributed by atoms with Gasteiger partial charge < -0.3 is 13.7 Å². The first-order chi connectivity index (χ1) is 71.5. The number of para-hydroxylation sites is 8. The lowest BCUT2D eigenvalue weighted by Crippen LogP contribution is -2.07. The van der Waals surface area contributed by atoms with Crippen molar-refractivity contribution in [1.82, 2.24) is 72.3 Å². The molecular formula is C129H81N15. The van der Waals surface area contributed by atoms with Crippen LogP contribution < -0.4 is 0 Å². The maximum Gasteiger partial charge on any atom is 0.238 e. The molecule has 0 aliphatic rings. The van der Waals surface area contributed by atoms with Gasteiger partial charge in [-0.05, 0) is 94.3 Å². The van der Waals surface area contributed by atoms with Crippen molar-refractivity contribution in [2.45, 2.75) is 0 Å². The molecule has 0 spiro atoms. The minimum atomic E-state index is 0.579. The van der Waals surface area contributed by atoms with Crippen LogP contribution in [0.1, 0.15) is 0 Å². The van der Waals surface area contributed by atoms with E-state index >= 15 is 0 Å². The molecule has 0 radical (unpaired) electrons. The van der Waals surface area contributed by atoms with Gasteiger partial charge >= 0.3 is 0 Å². The summed E-state index contributed by atoms with van der Waals surface area (Å²) in [6.45, 7) is 0. The van der Waals surface area contributed by atoms with Gasteiger partial charge in [0.15, 0.2) is 34.9 Å². The summed E-state index contributed by atoms with van der Waals surface area (Å²) < 4.78 is 14.0. The average molecular weight is 1840 g/mol. The fourth-order valence-electron chi connectivity index (χ4n) is 21.9. The van der Waals surface area contributed by atoms with Crippen LogP contribution in [0.5, 0.6) is 0 Å². The quantitative estimate of drug-likeness (QED) is 0.117. The molecule has 0 fully saturated rings. The van der Waals surface area contributed by atoms with Crippen molar-refractivity contribution in [3.05, 3.63) is 491 Å². The summed E-state index contributed by atoms with van der Waals surface area (Å²) in [5, 5.41) is 21.4. The van der Waals surface area contributed by atoms with Crippen molar-refractivity contribution in [3.63, 3.8) is 0 Å². The lowest BCUT2D eigenvalue weighted by Gasteiger charge is -2.14. The third-order valence-corrected chi connectivity index (χ3v) is 28.1. The second-order valence-corrected chi connectivity index (χ2v) is 36.2. The molecule has 672 valence electrons. The first-order valence-electron chi connectivity index (χ1n) is 48.4. The van der Waals surface area contributed by atoms with Crippen molar-refractivity contribution in [2.24, 2.45) is 0 Å². The van der Waals surface area contributed by atoms with Gasteiger partial charge in [0.25, 0.3) is 0 Å². The Morgan fingerprint density at radius 2 is 0.340 bits per heavy atom. The third kappa shape index (κ3) is 13.5. The molecule has 9 aromatic heterocycles. The van der Waals surface area contributed by atoms with Crippen LogP contribution in [0, 0.1) is 0 Å². The molecule has 0 aliphatic carbocycles. The first-order valence-corrected chi connectivity index (χ1v) is 48.4. The predicted molar refractivity (Wildman–Crippen MR) is 591 cm³/mol. The molecule has 30 aromatic rings. The summed E-state index contributed by atoms with van der Waals surface area (Å²) in [5.41, 5.74) is 22.2. The first kappa shape index (κ1) is 82.5. The molecule has 0 atom stereocenters. The number of benzene rings is 21. The Morgan fingerprint density at radius 1 is 0.118 bits per heavy atom. The van der Waals surface area contributed by atoms with Gasteiger partial charge in [-0.15, -0.1) is 0 Å². The minimum absolute atomic E-state index is 0.579. The summed E-state index contributed by atoms with van der Waals surface area (Å²) >= 11 is 0. The highest BCUT2D eigenvalue weighted by molar-refractivity contribution is 6.37. The predicted octanol–water partition coefficient (Wildman–Crippen LogP) is 31.7. The topological polar surface area (TPSA) is 146 Å². The van der Waals surface area contributed by atoms with E-state index in [2.05, 4.69) is 385 Å². The van der Waals surface area contributed by atoms with E-state index in [0.29, 0.717) is 52.8 Å². The van der Waals surface area contributed by atoms with Gasteiger partial charge in [0.1, 0.15) is 0 Å². The van der Waals surface area contributed by atoms with Gasteiger partial charge in [-0.1, -0.05) is 419 Å². The van der Waals surface area contributed by atoms with E-state index in [1.54, 1.807) is 0 Å². The second-order valence-electron chi connectivity index (χ2n) is 36.2. The molecule has 0 N–H and O–H groups in total. The van der Waals surface area contributed by atoms with Crippen molar-refractivity contribution >= 4 is 163 Å². The number of nitrogens with zero attached hydrogens (tertiary/aromatic N) is 15. The highest BCUT2D eigenvalue weighted by Gasteiger charge is 2.31. The molecule has 9 heterocycles. The minimum Gasteiger partial charge on any atom is -0.309 e. The highest BCUT2D eigenvalue weighted by Crippen LogP contribution is 2.50. The number of rotatable bonds is 12. The molecule has 21 aromatic carbocycles. The number of aromatic nitrogens is 15. The Kier molecular flexibility index (Phi) is 19.6. The van der Waals surface area contributed by atoms with Gasteiger partial charge in [-0.3, -0.25) is 13.7 Å². The Hall–Kier alpha value is -19.8. The maximum atomic E-state index is 5.25. The zero-order valence-corrected chi connectivity index (χ0v) is 77.5. The van der Waals surface area contributed by atoms with E-state index in [9.17, 15) is 0 Å². The van der Waals surface area contributed by atoms with Crippen LogP contribution >= 0.6 is 0 Å². The monoisotopic (exact) mass is 1840 g/mol. The van der Waals surface area contributed by atoms with E-state index in [-0.39, 0.29) is 0 Å². The molecule has 144 heavy (non-hydrogen) atoms. The van der Waals surface area contributed by atoms with Gasteiger partial charge in [0.2, 0.25) is 17.8 Å². The number of hydrogen-bond acceptors (Lipinski definition) is 9. The molecule has 0 bridgehead atoms. The Balaban J connectivity index is 0.000000105. The van der Waals surface area contributed by atoms with Crippen LogP contribution in [-0.4, -0.2) is 72.3 Å². The third-order valence-electron chi connectivity index (χ3n) is 28.1. The Labute approximate surface area is 824 Å². The van der Waals surface area contributed by atoms with Crippen LogP contribution in [0.25, 0.3) is 266 Å². The zero-order valence-electron chi connectivity index (χ0n) is 77.5. The van der Waals surface area contributed by atoms with Gasteiger partial charge in [0, 0.05) is 126 Å². The molecule has 0 amide bonds. The molecule has 0 unspecified atom stereocenters. The van der Waals surface area contributed by atoms with Crippen LogP contribution in [0.4, 0.5) is 0 Å². The van der Waals surface area contributed by atoms with Crippen molar-refractivity contribution in [3.8, 4) is 103 Å². The van der Waals surface area contributed by atoms with Crippen LogP contribution in [0.3, 0.4) is 0 Å². The molecule has 15 nitrogen and oxygen atoms in total. The second kappa shape index (κ2) is 34.1. The van der Waals surface area contributed by atoms with E-state index in [4.69, 9.17) is 44.9 Å². The summed E-state index contributed by atoms with van der Waals surface area (Å²) in [6.07, 6.45) is 0. The normalized spacial score (nSPS) is 11.8. The average Bonchev–Trinajstić information content (AvgIpc) is 1.53. The number of hydrogen-bond donors (Lipinski definition) is 0. The van der Waals surface area contributed by atoms with Crippen molar-refractivity contribution in [2.75, 3.05) is 0 Å². The van der Waals surface area contributed by atoms with Gasteiger partial charge in [-0.2, -0.15) is 29.9 Å². The van der Waals surface area contributed by atoms with Crippen LogP contribution in [-0.2, 0) is 0 Å². The van der Waals surface area contributed by atoms with E-state index in [0.717, 1.165) is 138 Å². The Morgan fingerprint density at radius 3 is 0.701 bits per heavy atom. The maximum absolute atomic E-state index is 5.25. The van der Waals surface area contributed by atoms with Crippen LogP contribution in [0.2, 0.25) is 0 Å². The smallest absolute Gasteiger partial charge is 0.238 e. The lowest BCUT2D eigenvalue weighted by atomic mass is 9.98. The fraction of sp³-hybridized carbons (Fsp3) is 0. The SMILES string of the molecule is c1ccc(-c2nc(-c3ccccc3)nc(-n3c4ccccc4c4c5ccccc5c5c6ccccc6n(-c6ccccc6)c5c43)n2)cc1.c1ccc(-c2nc(-c3ccccc3)nc(-n3c4ccccc4c4ccc5c(ccc6c7ccccc7n(-c7ccccc7)c65)c43)n2)cc1.c1ccc(-c2nc(-c3ccccc3)nc(-n3c4ccccc4c4ccc5c6c7ccccc7ccc6n(-c6ccccc6)c5c43)n2)cc1. The summed E-state index contributed by atoms with van der Waals surface area (Å²) in [4.78, 5) is 46.3. The van der Waals surface area contributed by atoms with Crippen molar-refractivity contribution < 1.29 is 0 Å². The molecular weight excluding hydrogens is 1760 g/mol. The number of fused-ring (bicyclic) bond motifs is 28. The molecule has 0 saturated heterocycles. The standard InChI is InChI=1S/3C43H27N5/c1-4-14-28(15-5-1)41-44-42(29-16-6-2-7-17-29)46-43(45-41)48-38-23-13-11-21-32(38)34-25-26-35-36(40(34)48)27-24-33-31-20-10-12-22-37(31)47(39(33)35)30-18-8-3-9-19-30;1-4-16-28(17-5-1)41-44-42(29-18-6-2-7-19-29)46-43(45-41)48-36-27-15-13-25-34(36)38-32-23-11-10-22-31(32)37-33-24-12-14-26-35(33)47(39(37)40(38)48)30-20-8-3-9-21-30;1-4-15-29(16-5-1)41-44-42(30-17-6-2-7-18-30)46-43(45-41)48-36-23-13-12-22-33(36)34-25-26-35-38-32-21-11-10-14-28(32)24-27-37(38)47(40(35)39(34)48)31-19-8-3-9-20-31/h3*1-27H. The van der Waals surface area contributed by atoms with Gasteiger partial charge in [-0.25, -0.2) is 15.0 Å². The van der Waals surface area contributed by atoms with Crippen molar-refractivity contribution in [1.29, 1.82) is 0 Å². The fourth-order valence-corrected chi connectivity index (χ4v) is 21.9. The summed E-state index contributed by atoms with van der Waals surface area (Å²) in [7, 11) is 0. The molecule has 15 heteroatoms. The lowest BCUT2D eigenvalue weighted by molar-refractivity contribution is 0.953. The van der Waals surface area contributed by atoms with E-state index in [1.165, 1.54) is 75.7 Å². The molecule has 0 aliphatic heterocycles. The van der Waals surface area contributed by atoms with E-state index < -0.39 is 0 Å². The Bertz CT molecular complexity index is 10100. The van der Waals surface area contributed by atoms with E-state index in [1.807, 2.05) is 133 Å². The summed E-state index contributed by atoms with van der Waals surface area (Å²) in [5.74, 6) is 5.54. The zero-order chi connectivity index (χ0) is 94.8. The largest absolute Gasteiger partial charge is 0.309 e. The summed E-state index contributed by atoms with van der Waals surface area (Å²) in [6, 6.07) is 172. The van der Waals surface area contributed by atoms with Crippen LogP contribution in [0.15, 0.2) is 491 Å². The molecule has 0 saturated carbocycles. The molecule has 30 rings (SSSR count).